The summed E-state index contributed by atoms with van der Waals surface area (Å²) in [4.78, 5) is 28.1. The summed E-state index contributed by atoms with van der Waals surface area (Å²) in [5.74, 6) is -0.447. The van der Waals surface area contributed by atoms with Gasteiger partial charge < -0.3 is 5.32 Å². The normalized spacial score (nSPS) is 13.7. The largest absolute Gasteiger partial charge is 0.319 e. The van der Waals surface area contributed by atoms with Crippen LogP contribution in [0.15, 0.2) is 36.7 Å². The Morgan fingerprint density at radius 2 is 2.16 bits per heavy atom. The van der Waals surface area contributed by atoms with Crippen molar-refractivity contribution in [2.45, 2.75) is 32.6 Å². The predicted octanol–water partition coefficient (Wildman–Crippen LogP) is 3.62. The van der Waals surface area contributed by atoms with Crippen LogP contribution >= 0.6 is 0 Å². The maximum Gasteiger partial charge on any atom is 0.292 e. The number of nitriles is 1. The molecule has 1 aliphatic rings. The highest BCUT2D eigenvalue weighted by Gasteiger charge is 2.18. The van der Waals surface area contributed by atoms with Crippen LogP contribution < -0.4 is 5.32 Å². The van der Waals surface area contributed by atoms with Gasteiger partial charge in [-0.3, -0.25) is 9.59 Å². The number of aromatic nitrogens is 2. The Morgan fingerprint density at radius 3 is 2.84 bits per heavy atom. The van der Waals surface area contributed by atoms with Crippen LogP contribution in [-0.4, -0.2) is 21.2 Å². The number of hydrogen-bond acceptors (Lipinski definition) is 4. The molecular formula is C19H18N4O2. The Bertz CT molecular complexity index is 902. The second kappa shape index (κ2) is 7.14. The molecule has 0 spiro atoms. The van der Waals surface area contributed by atoms with E-state index in [0.717, 1.165) is 41.4 Å². The number of rotatable bonds is 4. The molecule has 0 fully saturated rings. The highest BCUT2D eigenvalue weighted by Crippen LogP contribution is 2.32. The maximum absolute atomic E-state index is 12.5. The molecule has 1 heterocycles. The van der Waals surface area contributed by atoms with Crippen molar-refractivity contribution in [3.63, 3.8) is 0 Å². The lowest BCUT2D eigenvalue weighted by Gasteiger charge is -2.18. The minimum Gasteiger partial charge on any atom is -0.319 e. The minimum atomic E-state index is -0.459. The molecular weight excluding hydrogens is 316 g/mol. The second-order valence-electron chi connectivity index (χ2n) is 5.97. The Balaban J connectivity index is 1.97. The van der Waals surface area contributed by atoms with Gasteiger partial charge in [-0.05, 0) is 56.4 Å². The van der Waals surface area contributed by atoms with Crippen molar-refractivity contribution < 1.29 is 9.59 Å². The van der Waals surface area contributed by atoms with Crippen molar-refractivity contribution >= 4 is 23.0 Å². The summed E-state index contributed by atoms with van der Waals surface area (Å²) >= 11 is 0. The number of hydrogen-bond donors (Lipinski definition) is 1. The van der Waals surface area contributed by atoms with Crippen molar-refractivity contribution in [3.05, 3.63) is 53.6 Å². The highest BCUT2D eigenvalue weighted by molar-refractivity contribution is 6.04. The van der Waals surface area contributed by atoms with Crippen LogP contribution in [-0.2, 0) is 0 Å². The molecule has 0 unspecified atom stereocenters. The molecule has 0 saturated carbocycles. The summed E-state index contributed by atoms with van der Waals surface area (Å²) in [6.07, 6.45) is 11.0. The topological polar surface area (TPSA) is 87.8 Å². The summed E-state index contributed by atoms with van der Waals surface area (Å²) in [6.45, 7) is 1.52. The van der Waals surface area contributed by atoms with E-state index in [0.29, 0.717) is 11.3 Å². The first kappa shape index (κ1) is 16.7. The first-order valence-electron chi connectivity index (χ1n) is 8.19. The molecule has 6 nitrogen and oxygen atoms in total. The molecule has 6 heteroatoms. The van der Waals surface area contributed by atoms with Gasteiger partial charge in [0.2, 0.25) is 5.82 Å². The zero-order valence-electron chi connectivity index (χ0n) is 14.0. The third-order valence-electron chi connectivity index (χ3n) is 4.26. The molecule has 0 bridgehead atoms. The number of carbonyl (C=O) groups excluding carboxylic acids is 2. The summed E-state index contributed by atoms with van der Waals surface area (Å²) in [5.41, 5.74) is 3.22. The summed E-state index contributed by atoms with van der Waals surface area (Å²) in [7, 11) is 0. The van der Waals surface area contributed by atoms with E-state index in [1.165, 1.54) is 19.3 Å². The molecule has 25 heavy (non-hydrogen) atoms. The molecule has 3 rings (SSSR count). The van der Waals surface area contributed by atoms with Crippen molar-refractivity contribution in [1.82, 2.24) is 9.55 Å². The number of ketones is 1. The van der Waals surface area contributed by atoms with E-state index < -0.39 is 5.91 Å². The molecule has 1 N–H and O–H groups in total. The Kier molecular flexibility index (Phi) is 4.75. The lowest BCUT2D eigenvalue weighted by Crippen LogP contribution is -2.18. The average molecular weight is 334 g/mol. The number of nitrogens with one attached hydrogen (secondary N) is 1. The van der Waals surface area contributed by atoms with E-state index in [1.54, 1.807) is 12.1 Å². The van der Waals surface area contributed by atoms with Gasteiger partial charge >= 0.3 is 0 Å². The lowest BCUT2D eigenvalue weighted by molar-refractivity contribution is 0.101. The minimum absolute atomic E-state index is 0.0180. The standard InChI is InChI=1S/C19H18N4O2/c1-13(24)15-7-8-17(16(11-15)14-5-3-2-4-6-14)22-19(25)18-21-9-10-23(18)12-20/h5,7-11H,2-4,6H2,1H3,(H,22,25). The van der Waals surface area contributed by atoms with E-state index in [2.05, 4.69) is 16.4 Å². The summed E-state index contributed by atoms with van der Waals surface area (Å²) < 4.78 is 1.11. The molecule has 1 aliphatic carbocycles. The SMILES string of the molecule is CC(=O)c1ccc(NC(=O)c2nccn2C#N)c(C2=CCCCC2)c1. The van der Waals surface area contributed by atoms with Gasteiger partial charge in [-0.25, -0.2) is 9.55 Å². The zero-order valence-corrected chi connectivity index (χ0v) is 14.0. The van der Waals surface area contributed by atoms with Crippen LogP contribution in [0.3, 0.4) is 0 Å². The van der Waals surface area contributed by atoms with E-state index in [4.69, 9.17) is 5.26 Å². The zero-order chi connectivity index (χ0) is 17.8. The number of anilines is 1. The molecule has 0 radical (unpaired) electrons. The number of nitrogens with zero attached hydrogens (tertiary/aromatic N) is 3. The van der Waals surface area contributed by atoms with Gasteiger partial charge in [0.25, 0.3) is 5.91 Å². The second-order valence-corrected chi connectivity index (χ2v) is 5.97. The van der Waals surface area contributed by atoms with Gasteiger partial charge in [0.1, 0.15) is 0 Å². The van der Waals surface area contributed by atoms with Crippen molar-refractivity contribution in [2.24, 2.45) is 0 Å². The number of amides is 1. The van der Waals surface area contributed by atoms with Crippen LogP contribution in [0.5, 0.6) is 0 Å². The quantitative estimate of drug-likeness (QED) is 0.865. The maximum atomic E-state index is 12.5. The fourth-order valence-corrected chi connectivity index (χ4v) is 2.95. The third-order valence-corrected chi connectivity index (χ3v) is 4.26. The summed E-state index contributed by atoms with van der Waals surface area (Å²) in [5, 5.41) is 11.9. The van der Waals surface area contributed by atoms with Crippen molar-refractivity contribution in [1.29, 1.82) is 5.26 Å². The van der Waals surface area contributed by atoms with E-state index in [1.807, 2.05) is 12.3 Å². The smallest absolute Gasteiger partial charge is 0.292 e. The third kappa shape index (κ3) is 3.50. The van der Waals surface area contributed by atoms with Crippen molar-refractivity contribution in [2.75, 3.05) is 5.32 Å². The van der Waals surface area contributed by atoms with E-state index in [9.17, 15) is 9.59 Å². The molecule has 0 saturated heterocycles. The lowest BCUT2D eigenvalue weighted by atomic mass is 9.91. The predicted molar refractivity (Wildman–Crippen MR) is 94.1 cm³/mol. The molecule has 1 aromatic carbocycles. The molecule has 1 aromatic heterocycles. The van der Waals surface area contributed by atoms with Gasteiger partial charge in [-0.2, -0.15) is 5.26 Å². The molecule has 0 atom stereocenters. The number of benzene rings is 1. The highest BCUT2D eigenvalue weighted by atomic mass is 16.2. The number of carbonyl (C=O) groups is 2. The number of allylic oxidation sites excluding steroid dienone is 2. The monoisotopic (exact) mass is 334 g/mol. The van der Waals surface area contributed by atoms with Gasteiger partial charge in [0, 0.05) is 29.2 Å². The van der Waals surface area contributed by atoms with Gasteiger partial charge in [-0.15, -0.1) is 0 Å². The average Bonchev–Trinajstić information content (AvgIpc) is 3.11. The van der Waals surface area contributed by atoms with Crippen LogP contribution in [0.25, 0.3) is 5.57 Å². The fraction of sp³-hybridized carbons (Fsp3) is 0.263. The van der Waals surface area contributed by atoms with Crippen LogP contribution in [0, 0.1) is 11.5 Å². The number of Topliss-reactive ketones (excluding diaryl/α,β-unsaturated/α-hetero) is 1. The van der Waals surface area contributed by atoms with Crippen LogP contribution in [0.4, 0.5) is 5.69 Å². The van der Waals surface area contributed by atoms with Crippen molar-refractivity contribution in [3.8, 4) is 6.19 Å². The first-order chi connectivity index (χ1) is 12.1. The molecule has 0 aliphatic heterocycles. The van der Waals surface area contributed by atoms with E-state index in [-0.39, 0.29) is 11.6 Å². The molecule has 126 valence electrons. The Morgan fingerprint density at radius 1 is 1.32 bits per heavy atom. The number of imidazole rings is 1. The fourth-order valence-electron chi connectivity index (χ4n) is 2.95. The summed E-state index contributed by atoms with van der Waals surface area (Å²) in [6, 6.07) is 5.26. The molecule has 2 aromatic rings. The van der Waals surface area contributed by atoms with Crippen LogP contribution in [0.1, 0.15) is 59.1 Å². The van der Waals surface area contributed by atoms with Gasteiger partial charge in [0.15, 0.2) is 12.0 Å². The molecule has 1 amide bonds. The Hall–Kier alpha value is -3.20. The van der Waals surface area contributed by atoms with Gasteiger partial charge in [-0.1, -0.05) is 6.08 Å². The van der Waals surface area contributed by atoms with Crippen LogP contribution in [0.2, 0.25) is 0 Å². The van der Waals surface area contributed by atoms with E-state index >= 15 is 0 Å². The van der Waals surface area contributed by atoms with Gasteiger partial charge in [0.05, 0.1) is 0 Å². The first-order valence-corrected chi connectivity index (χ1v) is 8.19. The Labute approximate surface area is 145 Å².